The molecule has 6 nitrogen and oxygen atoms in total. The minimum Gasteiger partial charge on any atom is -0.496 e. The second-order valence-corrected chi connectivity index (χ2v) is 7.67. The van der Waals surface area contributed by atoms with Crippen LogP contribution < -0.4 is 9.47 Å². The van der Waals surface area contributed by atoms with E-state index in [1.165, 1.54) is 7.11 Å². The molecule has 0 saturated carbocycles. The first kappa shape index (κ1) is 22.0. The van der Waals surface area contributed by atoms with Crippen molar-refractivity contribution in [1.29, 1.82) is 0 Å². The Balaban J connectivity index is 1.77. The molecular weight excluding hydrogens is 404 g/mol. The third kappa shape index (κ3) is 4.70. The van der Waals surface area contributed by atoms with Gasteiger partial charge in [-0.2, -0.15) is 0 Å². The Labute approximate surface area is 182 Å². The quantitative estimate of drug-likeness (QED) is 0.665. The lowest BCUT2D eigenvalue weighted by atomic mass is 10.1. The number of nitrogens with zero attached hydrogens (tertiary/aromatic N) is 2. The largest absolute Gasteiger partial charge is 0.496 e. The zero-order valence-corrected chi connectivity index (χ0v) is 18.3. The van der Waals surface area contributed by atoms with Gasteiger partial charge in [0, 0.05) is 30.7 Å². The molecular formula is C23H27ClN2O4. The Morgan fingerprint density at radius 3 is 2.70 bits per heavy atom. The van der Waals surface area contributed by atoms with Gasteiger partial charge >= 0.3 is 0 Å². The van der Waals surface area contributed by atoms with Crippen LogP contribution in [-0.2, 0) is 11.3 Å². The van der Waals surface area contributed by atoms with Gasteiger partial charge in [-0.25, -0.2) is 0 Å². The molecule has 1 fully saturated rings. The number of likely N-dealkylation sites (N-methyl/N-ethyl adjacent to an activating group) is 1. The topological polar surface area (TPSA) is 59.1 Å². The predicted octanol–water partition coefficient (Wildman–Crippen LogP) is 4.01. The van der Waals surface area contributed by atoms with E-state index in [9.17, 15) is 9.59 Å². The molecule has 30 heavy (non-hydrogen) atoms. The van der Waals surface area contributed by atoms with Gasteiger partial charge in [-0.15, -0.1) is 0 Å². The van der Waals surface area contributed by atoms with Crippen LogP contribution in [0.2, 0.25) is 5.02 Å². The van der Waals surface area contributed by atoms with Gasteiger partial charge in [0.2, 0.25) is 5.91 Å². The Hall–Kier alpha value is -2.73. The molecule has 1 heterocycles. The number of hydrogen-bond donors (Lipinski definition) is 0. The molecule has 0 radical (unpaired) electrons. The van der Waals surface area contributed by atoms with E-state index in [1.807, 2.05) is 31.2 Å². The van der Waals surface area contributed by atoms with Crippen molar-refractivity contribution in [3.05, 3.63) is 58.6 Å². The van der Waals surface area contributed by atoms with Crippen molar-refractivity contribution in [3.63, 3.8) is 0 Å². The minimum atomic E-state index is -0.509. The van der Waals surface area contributed by atoms with Crippen molar-refractivity contribution >= 4 is 23.4 Å². The summed E-state index contributed by atoms with van der Waals surface area (Å²) in [5, 5.41) is 0.450. The maximum absolute atomic E-state index is 13.2. The van der Waals surface area contributed by atoms with Crippen LogP contribution in [0.3, 0.4) is 0 Å². The van der Waals surface area contributed by atoms with E-state index in [0.717, 1.165) is 17.7 Å². The van der Waals surface area contributed by atoms with E-state index >= 15 is 0 Å². The predicted molar refractivity (Wildman–Crippen MR) is 116 cm³/mol. The number of rotatable bonds is 7. The van der Waals surface area contributed by atoms with E-state index in [0.29, 0.717) is 42.5 Å². The average Bonchev–Trinajstić information content (AvgIpc) is 3.24. The number of ether oxygens (including phenoxy) is 2. The first-order valence-electron chi connectivity index (χ1n) is 10.1. The van der Waals surface area contributed by atoms with Crippen LogP contribution in [0.4, 0.5) is 0 Å². The maximum Gasteiger partial charge on any atom is 0.258 e. The number of carbonyl (C=O) groups is 2. The fraction of sp³-hybridized carbons (Fsp3) is 0.391. The van der Waals surface area contributed by atoms with Gasteiger partial charge in [0.05, 0.1) is 19.3 Å². The number of methoxy groups -OCH3 is 1. The van der Waals surface area contributed by atoms with Crippen molar-refractivity contribution in [3.8, 4) is 11.5 Å². The summed E-state index contributed by atoms with van der Waals surface area (Å²) in [7, 11) is 3.27. The van der Waals surface area contributed by atoms with E-state index in [1.54, 1.807) is 35.0 Å². The normalized spacial score (nSPS) is 15.7. The molecule has 1 aliphatic rings. The number of hydrogen-bond acceptors (Lipinski definition) is 4. The Morgan fingerprint density at radius 1 is 1.20 bits per heavy atom. The number of benzene rings is 2. The molecule has 0 N–H and O–H groups in total. The van der Waals surface area contributed by atoms with Crippen LogP contribution in [0.1, 0.15) is 35.7 Å². The summed E-state index contributed by atoms with van der Waals surface area (Å²) in [6.45, 7) is 3.42. The van der Waals surface area contributed by atoms with Crippen LogP contribution in [0.5, 0.6) is 11.5 Å². The van der Waals surface area contributed by atoms with Crippen LogP contribution >= 0.6 is 11.6 Å². The van der Waals surface area contributed by atoms with Crippen LogP contribution in [0.15, 0.2) is 42.5 Å². The molecule has 0 unspecified atom stereocenters. The monoisotopic (exact) mass is 430 g/mol. The number of amides is 2. The number of para-hydroxylation sites is 1. The molecule has 1 aliphatic heterocycles. The number of carbonyl (C=O) groups excluding carboxylic acids is 2. The fourth-order valence-electron chi connectivity index (χ4n) is 3.79. The van der Waals surface area contributed by atoms with Crippen LogP contribution in [0, 0.1) is 0 Å². The Bertz CT molecular complexity index is 918. The summed E-state index contributed by atoms with van der Waals surface area (Å²) in [6.07, 6.45) is 1.40. The highest BCUT2D eigenvalue weighted by Crippen LogP contribution is 2.29. The Morgan fingerprint density at radius 2 is 1.97 bits per heavy atom. The summed E-state index contributed by atoms with van der Waals surface area (Å²) < 4.78 is 11.0. The van der Waals surface area contributed by atoms with Gasteiger partial charge in [0.1, 0.15) is 17.5 Å². The maximum atomic E-state index is 13.2. The molecule has 3 rings (SSSR count). The first-order valence-corrected chi connectivity index (χ1v) is 10.4. The minimum absolute atomic E-state index is 0.0897. The third-order valence-corrected chi connectivity index (χ3v) is 5.48. The van der Waals surface area contributed by atoms with Crippen molar-refractivity contribution in [2.75, 3.05) is 27.3 Å². The molecule has 2 amide bonds. The second-order valence-electron chi connectivity index (χ2n) is 7.24. The zero-order chi connectivity index (χ0) is 21.7. The molecule has 160 valence electrons. The van der Waals surface area contributed by atoms with Crippen LogP contribution in [-0.4, -0.2) is 55.0 Å². The number of likely N-dealkylation sites (tertiary alicyclic amines) is 1. The van der Waals surface area contributed by atoms with Crippen molar-refractivity contribution in [2.24, 2.45) is 0 Å². The molecule has 2 aromatic carbocycles. The number of halogens is 1. The van der Waals surface area contributed by atoms with E-state index < -0.39 is 6.04 Å². The highest BCUT2D eigenvalue weighted by molar-refractivity contribution is 6.31. The molecule has 0 spiro atoms. The van der Waals surface area contributed by atoms with Gasteiger partial charge < -0.3 is 19.3 Å². The van der Waals surface area contributed by atoms with E-state index in [2.05, 4.69) is 0 Å². The van der Waals surface area contributed by atoms with Gasteiger partial charge in [0.15, 0.2) is 0 Å². The first-order chi connectivity index (χ1) is 14.5. The van der Waals surface area contributed by atoms with Crippen molar-refractivity contribution < 1.29 is 19.1 Å². The molecule has 0 aromatic heterocycles. The highest BCUT2D eigenvalue weighted by atomic mass is 35.5. The van der Waals surface area contributed by atoms with Crippen LogP contribution in [0.25, 0.3) is 0 Å². The average molecular weight is 431 g/mol. The summed E-state index contributed by atoms with van der Waals surface area (Å²) in [5.41, 5.74) is 1.30. The molecule has 1 saturated heterocycles. The smallest absolute Gasteiger partial charge is 0.258 e. The van der Waals surface area contributed by atoms with Gasteiger partial charge in [-0.1, -0.05) is 29.8 Å². The standard InChI is InChI=1S/C23H27ClN2O4/c1-4-30-20-10-6-5-8-16(20)15-25(2)23(28)19-9-7-13-26(19)22(27)18-14-17(24)11-12-21(18)29-3/h5-6,8,10-12,14,19H,4,7,9,13,15H2,1-3H3/t19-/m1/s1. The lowest BCUT2D eigenvalue weighted by Gasteiger charge is -2.29. The summed E-state index contributed by atoms with van der Waals surface area (Å²) in [5.74, 6) is 0.880. The second kappa shape index (κ2) is 9.85. The summed E-state index contributed by atoms with van der Waals surface area (Å²) in [6, 6.07) is 12.1. The van der Waals surface area contributed by atoms with Crippen molar-refractivity contribution in [2.45, 2.75) is 32.4 Å². The van der Waals surface area contributed by atoms with Gasteiger partial charge in [0.25, 0.3) is 5.91 Å². The molecule has 0 aliphatic carbocycles. The fourth-order valence-corrected chi connectivity index (χ4v) is 3.96. The lowest BCUT2D eigenvalue weighted by molar-refractivity contribution is -0.134. The Kier molecular flexibility index (Phi) is 7.21. The molecule has 7 heteroatoms. The van der Waals surface area contributed by atoms with Gasteiger partial charge in [-0.05, 0) is 44.0 Å². The highest BCUT2D eigenvalue weighted by Gasteiger charge is 2.37. The SMILES string of the molecule is CCOc1ccccc1CN(C)C(=O)[C@H]1CCCN1C(=O)c1cc(Cl)ccc1OC. The summed E-state index contributed by atoms with van der Waals surface area (Å²) in [4.78, 5) is 29.7. The summed E-state index contributed by atoms with van der Waals surface area (Å²) >= 11 is 6.09. The molecule has 2 aromatic rings. The third-order valence-electron chi connectivity index (χ3n) is 5.25. The van der Waals surface area contributed by atoms with Crippen molar-refractivity contribution in [1.82, 2.24) is 9.80 Å². The molecule has 0 bridgehead atoms. The van der Waals surface area contributed by atoms with E-state index in [-0.39, 0.29) is 11.8 Å². The van der Waals surface area contributed by atoms with E-state index in [4.69, 9.17) is 21.1 Å². The lowest BCUT2D eigenvalue weighted by Crippen LogP contribution is -2.46. The zero-order valence-electron chi connectivity index (χ0n) is 17.6. The molecule has 1 atom stereocenters. The van der Waals surface area contributed by atoms with Gasteiger partial charge in [-0.3, -0.25) is 9.59 Å².